The van der Waals surface area contributed by atoms with Gasteiger partial charge >= 0.3 is 0 Å². The molecule has 1 N–H and O–H groups in total. The zero-order chi connectivity index (χ0) is 12.4. The third-order valence-corrected chi connectivity index (χ3v) is 3.75. The average molecular weight is 248 g/mol. The third-order valence-electron chi connectivity index (χ3n) is 3.04. The van der Waals surface area contributed by atoms with Gasteiger partial charge in [-0.2, -0.15) is 0 Å². The van der Waals surface area contributed by atoms with Gasteiger partial charge < -0.3 is 4.90 Å². The molecule has 1 aliphatic heterocycles. The molecule has 96 valence electrons. The lowest BCUT2D eigenvalue weighted by molar-refractivity contribution is 0.214. The van der Waals surface area contributed by atoms with E-state index < -0.39 is 10.0 Å². The number of sulfonamides is 1. The van der Waals surface area contributed by atoms with Crippen LogP contribution in [0.15, 0.2) is 0 Å². The minimum atomic E-state index is -3.12. The normalized spacial score (nSPS) is 21.2. The molecule has 1 atom stereocenters. The first-order valence-electron chi connectivity index (χ1n) is 5.88. The highest BCUT2D eigenvalue weighted by atomic mass is 32.2. The van der Waals surface area contributed by atoms with E-state index >= 15 is 0 Å². The van der Waals surface area contributed by atoms with Crippen LogP contribution < -0.4 is 4.72 Å². The van der Waals surface area contributed by atoms with Gasteiger partial charge in [0.2, 0.25) is 10.0 Å². The van der Waals surface area contributed by atoms with Crippen molar-refractivity contribution in [2.75, 3.05) is 25.9 Å². The molecule has 0 aliphatic carbocycles. The van der Waals surface area contributed by atoms with Gasteiger partial charge in [0, 0.05) is 12.6 Å². The molecule has 0 saturated carbocycles. The van der Waals surface area contributed by atoms with Crippen molar-refractivity contribution < 1.29 is 8.42 Å². The quantitative estimate of drug-likeness (QED) is 0.809. The SMILES string of the molecule is CC(C)(C)C(CN1CCCC1)NS(C)(=O)=O. The van der Waals surface area contributed by atoms with Crippen LogP contribution in [0.2, 0.25) is 0 Å². The van der Waals surface area contributed by atoms with Crippen LogP contribution in [-0.4, -0.2) is 45.2 Å². The summed E-state index contributed by atoms with van der Waals surface area (Å²) in [6.07, 6.45) is 3.70. The maximum atomic E-state index is 11.3. The van der Waals surface area contributed by atoms with E-state index in [1.54, 1.807) is 0 Å². The first kappa shape index (κ1) is 13.9. The van der Waals surface area contributed by atoms with Crippen molar-refractivity contribution in [1.29, 1.82) is 0 Å². The van der Waals surface area contributed by atoms with Crippen molar-refractivity contribution in [3.8, 4) is 0 Å². The fraction of sp³-hybridized carbons (Fsp3) is 1.00. The Bertz CT molecular complexity index is 313. The van der Waals surface area contributed by atoms with Crippen LogP contribution in [0.25, 0.3) is 0 Å². The van der Waals surface area contributed by atoms with Gasteiger partial charge in [0.1, 0.15) is 0 Å². The largest absolute Gasteiger partial charge is 0.302 e. The summed E-state index contributed by atoms with van der Waals surface area (Å²) in [6.45, 7) is 9.23. The first-order valence-corrected chi connectivity index (χ1v) is 7.77. The van der Waals surface area contributed by atoms with Gasteiger partial charge in [0.15, 0.2) is 0 Å². The Labute approximate surface area is 99.5 Å². The summed E-state index contributed by atoms with van der Waals surface area (Å²) in [6, 6.07) is -0.0133. The molecule has 0 amide bonds. The predicted molar refractivity (Wildman–Crippen MR) is 66.9 cm³/mol. The molecule has 5 heteroatoms. The van der Waals surface area contributed by atoms with E-state index in [1.807, 2.05) is 0 Å². The van der Waals surface area contributed by atoms with Crippen LogP contribution in [0.4, 0.5) is 0 Å². The summed E-state index contributed by atoms with van der Waals surface area (Å²) in [5.41, 5.74) is -0.0499. The van der Waals surface area contributed by atoms with Gasteiger partial charge in [-0.15, -0.1) is 0 Å². The molecule has 1 aliphatic rings. The molecule has 16 heavy (non-hydrogen) atoms. The van der Waals surface area contributed by atoms with E-state index in [-0.39, 0.29) is 11.5 Å². The molecule has 0 radical (unpaired) electrons. The molecule has 0 aromatic carbocycles. The van der Waals surface area contributed by atoms with Crippen LogP contribution in [0.5, 0.6) is 0 Å². The number of rotatable bonds is 4. The second-order valence-electron chi connectivity index (χ2n) is 5.82. The monoisotopic (exact) mass is 248 g/mol. The van der Waals surface area contributed by atoms with Crippen molar-refractivity contribution in [2.45, 2.75) is 39.7 Å². The highest BCUT2D eigenvalue weighted by molar-refractivity contribution is 7.88. The van der Waals surface area contributed by atoms with Crippen LogP contribution in [0, 0.1) is 5.41 Å². The third kappa shape index (κ3) is 4.80. The molecule has 0 aromatic heterocycles. The zero-order valence-corrected chi connectivity index (χ0v) is 11.6. The topological polar surface area (TPSA) is 49.4 Å². The highest BCUT2D eigenvalue weighted by Crippen LogP contribution is 2.22. The molecule has 1 rings (SSSR count). The second-order valence-corrected chi connectivity index (χ2v) is 7.60. The fourth-order valence-corrected chi connectivity index (χ4v) is 2.91. The number of likely N-dealkylation sites (tertiary alicyclic amines) is 1. The van der Waals surface area contributed by atoms with E-state index in [0.717, 1.165) is 19.6 Å². The maximum absolute atomic E-state index is 11.3. The van der Waals surface area contributed by atoms with Gasteiger partial charge in [0.25, 0.3) is 0 Å². The summed E-state index contributed by atoms with van der Waals surface area (Å²) in [4.78, 5) is 2.34. The summed E-state index contributed by atoms with van der Waals surface area (Å²) in [5, 5.41) is 0. The number of nitrogens with zero attached hydrogens (tertiary/aromatic N) is 1. The number of hydrogen-bond donors (Lipinski definition) is 1. The predicted octanol–water partition coefficient (Wildman–Crippen LogP) is 1.05. The van der Waals surface area contributed by atoms with Crippen LogP contribution in [-0.2, 0) is 10.0 Å². The van der Waals surface area contributed by atoms with Crippen LogP contribution in [0.1, 0.15) is 33.6 Å². The second kappa shape index (κ2) is 5.02. The van der Waals surface area contributed by atoms with Gasteiger partial charge in [-0.1, -0.05) is 20.8 Å². The zero-order valence-electron chi connectivity index (χ0n) is 10.8. The van der Waals surface area contributed by atoms with Crippen molar-refractivity contribution in [1.82, 2.24) is 9.62 Å². The molecule has 0 aromatic rings. The Kier molecular flexibility index (Phi) is 4.37. The summed E-state index contributed by atoms with van der Waals surface area (Å²) in [7, 11) is -3.12. The Morgan fingerprint density at radius 1 is 1.25 bits per heavy atom. The van der Waals surface area contributed by atoms with E-state index in [0.29, 0.717) is 0 Å². The summed E-state index contributed by atoms with van der Waals surface area (Å²) in [5.74, 6) is 0. The summed E-state index contributed by atoms with van der Waals surface area (Å²) < 4.78 is 25.4. The van der Waals surface area contributed by atoms with E-state index in [4.69, 9.17) is 0 Å². The van der Waals surface area contributed by atoms with E-state index in [2.05, 4.69) is 30.4 Å². The van der Waals surface area contributed by atoms with Gasteiger partial charge in [-0.25, -0.2) is 13.1 Å². The molecule has 1 saturated heterocycles. The average Bonchev–Trinajstić information content (AvgIpc) is 2.51. The van der Waals surface area contributed by atoms with Crippen LogP contribution >= 0.6 is 0 Å². The smallest absolute Gasteiger partial charge is 0.209 e. The van der Waals surface area contributed by atoms with Crippen molar-refractivity contribution in [3.05, 3.63) is 0 Å². The molecule has 0 spiro atoms. The minimum Gasteiger partial charge on any atom is -0.302 e. The van der Waals surface area contributed by atoms with Crippen molar-refractivity contribution in [3.63, 3.8) is 0 Å². The first-order chi connectivity index (χ1) is 7.18. The van der Waals surface area contributed by atoms with Crippen molar-refractivity contribution in [2.24, 2.45) is 5.41 Å². The van der Waals surface area contributed by atoms with Crippen LogP contribution in [0.3, 0.4) is 0 Å². The standard InChI is InChI=1S/C11H24N2O2S/c1-11(2,3)10(12-16(4,14)15)9-13-7-5-6-8-13/h10,12H,5-9H2,1-4H3. The van der Waals surface area contributed by atoms with E-state index in [9.17, 15) is 8.42 Å². The Hall–Kier alpha value is -0.130. The Morgan fingerprint density at radius 2 is 1.75 bits per heavy atom. The lowest BCUT2D eigenvalue weighted by Gasteiger charge is -2.33. The Balaban J connectivity index is 2.64. The fourth-order valence-electron chi connectivity index (χ4n) is 1.97. The molecule has 4 nitrogen and oxygen atoms in total. The molecule has 1 unspecified atom stereocenters. The number of nitrogens with one attached hydrogen (secondary N) is 1. The van der Waals surface area contributed by atoms with Gasteiger partial charge in [-0.3, -0.25) is 0 Å². The van der Waals surface area contributed by atoms with E-state index in [1.165, 1.54) is 19.1 Å². The molecule has 1 heterocycles. The van der Waals surface area contributed by atoms with Gasteiger partial charge in [0.05, 0.1) is 6.26 Å². The number of hydrogen-bond acceptors (Lipinski definition) is 3. The maximum Gasteiger partial charge on any atom is 0.209 e. The lowest BCUT2D eigenvalue weighted by Crippen LogP contribution is -2.49. The molecule has 1 fully saturated rings. The van der Waals surface area contributed by atoms with Crippen molar-refractivity contribution >= 4 is 10.0 Å². The highest BCUT2D eigenvalue weighted by Gasteiger charge is 2.29. The minimum absolute atomic E-state index is 0.0133. The molecular formula is C11H24N2O2S. The van der Waals surface area contributed by atoms with Gasteiger partial charge in [-0.05, 0) is 31.3 Å². The lowest BCUT2D eigenvalue weighted by atomic mass is 9.87. The molecule has 0 bridgehead atoms. The summed E-state index contributed by atoms with van der Waals surface area (Å²) >= 11 is 0. The molecular weight excluding hydrogens is 224 g/mol. The Morgan fingerprint density at radius 3 is 2.12 bits per heavy atom.